The van der Waals surface area contributed by atoms with Crippen LogP contribution >= 0.6 is 24.2 Å². The normalized spacial score (nSPS) is 17.5. The molecule has 1 aliphatic rings. The second-order valence-electron chi connectivity index (χ2n) is 6.18. The van der Waals surface area contributed by atoms with Gasteiger partial charge >= 0.3 is 0 Å². The molecule has 1 saturated carbocycles. The topological polar surface area (TPSA) is 64.3 Å². The van der Waals surface area contributed by atoms with Crippen LogP contribution in [-0.4, -0.2) is 30.9 Å². The number of hydrogen-bond donors (Lipinski definition) is 2. The van der Waals surface area contributed by atoms with Crippen LogP contribution in [-0.2, 0) is 4.79 Å². The molecule has 2 atom stereocenters. The number of nitrogens with two attached hydrogens (primary N) is 1. The van der Waals surface area contributed by atoms with Gasteiger partial charge in [0.2, 0.25) is 0 Å². The monoisotopic (exact) mass is 372 g/mol. The van der Waals surface area contributed by atoms with Crippen molar-refractivity contribution in [2.24, 2.45) is 11.7 Å². The molecule has 0 aliphatic heterocycles. The van der Waals surface area contributed by atoms with Crippen LogP contribution in [0.25, 0.3) is 0 Å². The fourth-order valence-corrected chi connectivity index (χ4v) is 3.53. The highest BCUT2D eigenvalue weighted by Gasteiger charge is 2.26. The van der Waals surface area contributed by atoms with Crippen LogP contribution in [0.5, 0.6) is 5.75 Å². The molecule has 0 spiro atoms. The van der Waals surface area contributed by atoms with Crippen LogP contribution in [0.3, 0.4) is 0 Å². The summed E-state index contributed by atoms with van der Waals surface area (Å²) in [5, 5.41) is 3.09. The Morgan fingerprint density at radius 3 is 2.46 bits per heavy atom. The average molecular weight is 373 g/mol. The van der Waals surface area contributed by atoms with Gasteiger partial charge in [-0.05, 0) is 56.2 Å². The van der Waals surface area contributed by atoms with Crippen molar-refractivity contribution >= 4 is 30.1 Å². The molecule has 1 amide bonds. The third-order valence-electron chi connectivity index (χ3n) is 4.54. The minimum atomic E-state index is -0.521. The summed E-state index contributed by atoms with van der Waals surface area (Å²) >= 11 is 1.68. The van der Waals surface area contributed by atoms with Gasteiger partial charge in [-0.2, -0.15) is 0 Å². The summed E-state index contributed by atoms with van der Waals surface area (Å²) in [5.41, 5.74) is 5.88. The lowest BCUT2D eigenvalue weighted by Gasteiger charge is -2.30. The molecule has 1 aliphatic carbocycles. The highest BCUT2D eigenvalue weighted by molar-refractivity contribution is 7.98. The summed E-state index contributed by atoms with van der Waals surface area (Å²) in [6.45, 7) is 2.28. The first-order valence-electron chi connectivity index (χ1n) is 8.45. The predicted molar refractivity (Wildman–Crippen MR) is 103 cm³/mol. The number of thioether (sulfide) groups is 1. The van der Waals surface area contributed by atoms with E-state index in [4.69, 9.17) is 10.5 Å². The maximum Gasteiger partial charge on any atom is 0.261 e. The smallest absolute Gasteiger partial charge is 0.261 e. The second-order valence-corrected chi connectivity index (χ2v) is 7.06. The zero-order chi connectivity index (χ0) is 16.7. The maximum atomic E-state index is 12.4. The fraction of sp³-hybridized carbons (Fsp3) is 0.611. The molecule has 136 valence electrons. The third-order valence-corrected chi connectivity index (χ3v) is 5.29. The molecule has 0 saturated heterocycles. The Morgan fingerprint density at radius 1 is 1.29 bits per heavy atom. The Bertz CT molecular complexity index is 492. The van der Waals surface area contributed by atoms with E-state index in [1.807, 2.05) is 30.5 Å². The van der Waals surface area contributed by atoms with Crippen LogP contribution in [0, 0.1) is 5.92 Å². The third kappa shape index (κ3) is 6.19. The van der Waals surface area contributed by atoms with E-state index in [-0.39, 0.29) is 24.4 Å². The van der Waals surface area contributed by atoms with Crippen LogP contribution in [0.2, 0.25) is 0 Å². The van der Waals surface area contributed by atoms with E-state index in [9.17, 15) is 4.79 Å². The van der Waals surface area contributed by atoms with Crippen LogP contribution in [0.15, 0.2) is 29.2 Å². The molecule has 0 aromatic heterocycles. The van der Waals surface area contributed by atoms with Gasteiger partial charge in [-0.1, -0.05) is 19.3 Å². The van der Waals surface area contributed by atoms with Crippen molar-refractivity contribution in [1.29, 1.82) is 0 Å². The zero-order valence-corrected chi connectivity index (χ0v) is 16.1. The Morgan fingerprint density at radius 2 is 1.92 bits per heavy atom. The van der Waals surface area contributed by atoms with Gasteiger partial charge in [0.15, 0.2) is 6.10 Å². The molecule has 1 fully saturated rings. The van der Waals surface area contributed by atoms with Crippen LogP contribution < -0.4 is 15.8 Å². The summed E-state index contributed by atoms with van der Waals surface area (Å²) in [6, 6.07) is 7.85. The molecule has 3 N–H and O–H groups in total. The molecule has 0 heterocycles. The Labute approximate surface area is 155 Å². The van der Waals surface area contributed by atoms with E-state index in [1.165, 1.54) is 24.2 Å². The van der Waals surface area contributed by atoms with E-state index in [0.717, 1.165) is 12.8 Å². The van der Waals surface area contributed by atoms with Crippen LogP contribution in [0.4, 0.5) is 0 Å². The van der Waals surface area contributed by atoms with Crippen LogP contribution in [0.1, 0.15) is 39.0 Å². The summed E-state index contributed by atoms with van der Waals surface area (Å²) in [4.78, 5) is 13.6. The maximum absolute atomic E-state index is 12.4. The van der Waals surface area contributed by atoms with E-state index < -0.39 is 6.10 Å². The van der Waals surface area contributed by atoms with Crippen molar-refractivity contribution in [2.45, 2.75) is 56.1 Å². The van der Waals surface area contributed by atoms with Gasteiger partial charge in [0.05, 0.1) is 0 Å². The van der Waals surface area contributed by atoms with Crippen molar-refractivity contribution in [2.75, 3.05) is 12.8 Å². The molecule has 2 unspecified atom stereocenters. The van der Waals surface area contributed by atoms with Gasteiger partial charge < -0.3 is 15.8 Å². The lowest BCUT2D eigenvalue weighted by molar-refractivity contribution is -0.128. The van der Waals surface area contributed by atoms with E-state index in [1.54, 1.807) is 18.7 Å². The van der Waals surface area contributed by atoms with E-state index in [2.05, 4.69) is 5.32 Å². The minimum Gasteiger partial charge on any atom is -0.481 e. The van der Waals surface area contributed by atoms with Crippen molar-refractivity contribution in [3.63, 3.8) is 0 Å². The number of amides is 1. The first-order valence-corrected chi connectivity index (χ1v) is 9.67. The number of benzene rings is 1. The molecule has 24 heavy (non-hydrogen) atoms. The highest BCUT2D eigenvalue weighted by atomic mass is 35.5. The van der Waals surface area contributed by atoms with Gasteiger partial charge in [0, 0.05) is 17.5 Å². The molecule has 0 bridgehead atoms. The van der Waals surface area contributed by atoms with Crippen molar-refractivity contribution < 1.29 is 9.53 Å². The zero-order valence-electron chi connectivity index (χ0n) is 14.5. The molecule has 1 aromatic rings. The summed E-state index contributed by atoms with van der Waals surface area (Å²) in [5.74, 6) is 1.14. The lowest BCUT2D eigenvalue weighted by atomic mass is 9.84. The SMILES string of the molecule is CSc1ccc(OC(C)C(=O)NC(CN)C2CCCCC2)cc1.Cl. The van der Waals surface area contributed by atoms with E-state index in [0.29, 0.717) is 18.2 Å². The lowest BCUT2D eigenvalue weighted by Crippen LogP contribution is -2.49. The van der Waals surface area contributed by atoms with Gasteiger partial charge in [-0.3, -0.25) is 4.79 Å². The standard InChI is InChI=1S/C18H28N2O2S.ClH/c1-13(22-15-8-10-16(23-2)11-9-15)18(21)20-17(12-19)14-6-4-3-5-7-14;/h8-11,13-14,17H,3-7,12,19H2,1-2H3,(H,20,21);1H. The summed E-state index contributed by atoms with van der Waals surface area (Å²) < 4.78 is 5.75. The highest BCUT2D eigenvalue weighted by Crippen LogP contribution is 2.26. The first kappa shape index (κ1) is 21.1. The number of halogens is 1. The minimum absolute atomic E-state index is 0. The quantitative estimate of drug-likeness (QED) is 0.717. The van der Waals surface area contributed by atoms with E-state index >= 15 is 0 Å². The van der Waals surface area contributed by atoms with Gasteiger partial charge in [-0.15, -0.1) is 24.2 Å². The molecular weight excluding hydrogens is 344 g/mol. The number of ether oxygens (including phenoxy) is 1. The van der Waals surface area contributed by atoms with Crippen molar-refractivity contribution in [3.8, 4) is 5.75 Å². The fourth-order valence-electron chi connectivity index (χ4n) is 3.12. The molecular formula is C18H29ClN2O2S. The average Bonchev–Trinajstić information content (AvgIpc) is 2.60. The van der Waals surface area contributed by atoms with Gasteiger partial charge in [0.25, 0.3) is 5.91 Å². The van der Waals surface area contributed by atoms with Crippen molar-refractivity contribution in [3.05, 3.63) is 24.3 Å². The second kappa shape index (κ2) is 10.9. The Kier molecular flexibility index (Phi) is 9.56. The van der Waals surface area contributed by atoms with Gasteiger partial charge in [0.1, 0.15) is 5.75 Å². The summed E-state index contributed by atoms with van der Waals surface area (Å²) in [6.07, 6.45) is 7.61. The molecule has 1 aromatic carbocycles. The first-order chi connectivity index (χ1) is 11.1. The predicted octanol–water partition coefficient (Wildman–Crippen LogP) is 3.62. The number of carbonyl (C=O) groups excluding carboxylic acids is 1. The largest absolute Gasteiger partial charge is 0.481 e. The number of hydrogen-bond acceptors (Lipinski definition) is 4. The molecule has 6 heteroatoms. The van der Waals surface area contributed by atoms with Gasteiger partial charge in [-0.25, -0.2) is 0 Å². The summed E-state index contributed by atoms with van der Waals surface area (Å²) in [7, 11) is 0. The number of rotatable bonds is 7. The Hall–Kier alpha value is -0.910. The molecule has 0 radical (unpaired) electrons. The molecule has 2 rings (SSSR count). The Balaban J connectivity index is 0.00000288. The van der Waals surface area contributed by atoms with Crippen molar-refractivity contribution in [1.82, 2.24) is 5.32 Å². The molecule has 4 nitrogen and oxygen atoms in total. The number of carbonyl (C=O) groups is 1. The number of nitrogens with one attached hydrogen (secondary N) is 1.